The molecule has 4 nitrogen and oxygen atoms in total. The SMILES string of the molecule is NCCc1ccc(C(=O)N2CCS(=O)CC2)cc1. The molecule has 0 radical (unpaired) electrons. The van der Waals surface area contributed by atoms with E-state index in [9.17, 15) is 9.00 Å². The normalized spacial score (nSPS) is 16.8. The molecule has 1 fully saturated rings. The lowest BCUT2D eigenvalue weighted by Gasteiger charge is -2.26. The summed E-state index contributed by atoms with van der Waals surface area (Å²) < 4.78 is 11.2. The fourth-order valence-corrected chi connectivity index (χ4v) is 3.06. The van der Waals surface area contributed by atoms with Crippen molar-refractivity contribution in [1.29, 1.82) is 0 Å². The number of carbonyl (C=O) groups is 1. The fourth-order valence-electron chi connectivity index (χ4n) is 2.00. The Morgan fingerprint density at radius 2 is 1.83 bits per heavy atom. The van der Waals surface area contributed by atoms with Crippen LogP contribution in [0.25, 0.3) is 0 Å². The standard InChI is InChI=1S/C13H18N2O2S/c14-6-5-11-1-3-12(4-2-11)13(16)15-7-9-18(17)10-8-15/h1-4H,5-10,14H2. The quantitative estimate of drug-likeness (QED) is 0.861. The van der Waals surface area contributed by atoms with E-state index in [2.05, 4.69) is 0 Å². The second-order valence-corrected chi connectivity index (χ2v) is 6.07. The summed E-state index contributed by atoms with van der Waals surface area (Å²) in [4.78, 5) is 14.0. The molecule has 1 aliphatic heterocycles. The summed E-state index contributed by atoms with van der Waals surface area (Å²) in [5.74, 6) is 1.22. The first-order valence-electron chi connectivity index (χ1n) is 6.14. The maximum atomic E-state index is 12.2. The minimum atomic E-state index is -0.748. The molecule has 1 heterocycles. The fraction of sp³-hybridized carbons (Fsp3) is 0.462. The first-order chi connectivity index (χ1) is 8.70. The van der Waals surface area contributed by atoms with Gasteiger partial charge in [0.25, 0.3) is 5.91 Å². The van der Waals surface area contributed by atoms with Gasteiger partial charge in [-0.15, -0.1) is 0 Å². The maximum absolute atomic E-state index is 12.2. The topological polar surface area (TPSA) is 63.4 Å². The van der Waals surface area contributed by atoms with Crippen molar-refractivity contribution in [2.24, 2.45) is 5.73 Å². The molecule has 0 spiro atoms. The van der Waals surface area contributed by atoms with Crippen molar-refractivity contribution in [3.8, 4) is 0 Å². The van der Waals surface area contributed by atoms with Crippen LogP contribution in [0.2, 0.25) is 0 Å². The predicted molar refractivity (Wildman–Crippen MR) is 73.0 cm³/mol. The van der Waals surface area contributed by atoms with Gasteiger partial charge in [0.05, 0.1) is 0 Å². The Bertz CT molecular complexity index is 435. The third-order valence-corrected chi connectivity index (χ3v) is 4.37. The van der Waals surface area contributed by atoms with Crippen molar-refractivity contribution in [2.45, 2.75) is 6.42 Å². The van der Waals surface area contributed by atoms with E-state index < -0.39 is 10.8 Å². The van der Waals surface area contributed by atoms with Crippen LogP contribution in [0.3, 0.4) is 0 Å². The van der Waals surface area contributed by atoms with Gasteiger partial charge >= 0.3 is 0 Å². The number of nitrogens with two attached hydrogens (primary N) is 1. The summed E-state index contributed by atoms with van der Waals surface area (Å²) in [7, 11) is -0.748. The molecule has 1 aromatic carbocycles. The number of hydrogen-bond acceptors (Lipinski definition) is 3. The molecule has 18 heavy (non-hydrogen) atoms. The largest absolute Gasteiger partial charge is 0.337 e. The Morgan fingerprint density at radius 3 is 2.39 bits per heavy atom. The highest BCUT2D eigenvalue weighted by molar-refractivity contribution is 7.85. The van der Waals surface area contributed by atoms with Crippen molar-refractivity contribution >= 4 is 16.7 Å². The van der Waals surface area contributed by atoms with Gasteiger partial charge in [-0.3, -0.25) is 9.00 Å². The Morgan fingerprint density at radius 1 is 1.22 bits per heavy atom. The van der Waals surface area contributed by atoms with E-state index in [1.54, 1.807) is 4.90 Å². The van der Waals surface area contributed by atoms with E-state index in [4.69, 9.17) is 5.73 Å². The van der Waals surface area contributed by atoms with Crippen molar-refractivity contribution < 1.29 is 9.00 Å². The lowest BCUT2D eigenvalue weighted by molar-refractivity contribution is 0.0771. The molecule has 0 bridgehead atoms. The first-order valence-corrected chi connectivity index (χ1v) is 7.63. The van der Waals surface area contributed by atoms with E-state index in [-0.39, 0.29) is 5.91 Å². The van der Waals surface area contributed by atoms with Gasteiger partial charge in [-0.25, -0.2) is 0 Å². The smallest absolute Gasteiger partial charge is 0.253 e. The van der Waals surface area contributed by atoms with Crippen LogP contribution in [0.5, 0.6) is 0 Å². The maximum Gasteiger partial charge on any atom is 0.253 e. The van der Waals surface area contributed by atoms with Crippen molar-refractivity contribution in [1.82, 2.24) is 4.90 Å². The molecular formula is C13H18N2O2S. The molecule has 1 amide bonds. The van der Waals surface area contributed by atoms with Crippen molar-refractivity contribution in [3.63, 3.8) is 0 Å². The summed E-state index contributed by atoms with van der Waals surface area (Å²) in [6.45, 7) is 1.80. The molecule has 5 heteroatoms. The summed E-state index contributed by atoms with van der Waals surface area (Å²) in [6, 6.07) is 7.59. The van der Waals surface area contributed by atoms with E-state index >= 15 is 0 Å². The highest BCUT2D eigenvalue weighted by Gasteiger charge is 2.20. The second-order valence-electron chi connectivity index (χ2n) is 4.38. The third kappa shape index (κ3) is 3.17. The van der Waals surface area contributed by atoms with E-state index in [1.165, 1.54) is 0 Å². The lowest BCUT2D eigenvalue weighted by atomic mass is 10.1. The Hall–Kier alpha value is -1.20. The van der Waals surface area contributed by atoms with Crippen LogP contribution in [0.15, 0.2) is 24.3 Å². The highest BCUT2D eigenvalue weighted by atomic mass is 32.2. The average molecular weight is 266 g/mol. The minimum absolute atomic E-state index is 0.0333. The predicted octanol–water partition coefficient (Wildman–Crippen LogP) is 0.392. The zero-order chi connectivity index (χ0) is 13.0. The van der Waals surface area contributed by atoms with Crippen LogP contribution in [-0.2, 0) is 17.2 Å². The summed E-state index contributed by atoms with van der Waals surface area (Å²) in [5.41, 5.74) is 7.33. The summed E-state index contributed by atoms with van der Waals surface area (Å²) in [6.07, 6.45) is 0.831. The molecule has 1 aliphatic rings. The van der Waals surface area contributed by atoms with Crippen LogP contribution < -0.4 is 5.73 Å². The van der Waals surface area contributed by atoms with E-state index in [0.29, 0.717) is 36.7 Å². The molecule has 2 rings (SSSR count). The molecule has 0 unspecified atom stereocenters. The third-order valence-electron chi connectivity index (χ3n) is 3.10. The van der Waals surface area contributed by atoms with Gasteiger partial charge in [0.2, 0.25) is 0 Å². The van der Waals surface area contributed by atoms with Gasteiger partial charge in [-0.05, 0) is 30.7 Å². The molecule has 1 aromatic rings. The molecular weight excluding hydrogens is 248 g/mol. The molecule has 0 atom stereocenters. The molecule has 98 valence electrons. The van der Waals surface area contributed by atoms with Crippen LogP contribution in [0.1, 0.15) is 15.9 Å². The van der Waals surface area contributed by atoms with Crippen molar-refractivity contribution in [2.75, 3.05) is 31.1 Å². The molecule has 0 aromatic heterocycles. The van der Waals surface area contributed by atoms with Crippen molar-refractivity contribution in [3.05, 3.63) is 35.4 Å². The van der Waals surface area contributed by atoms with Crippen LogP contribution >= 0.6 is 0 Å². The summed E-state index contributed by atoms with van der Waals surface area (Å²) >= 11 is 0. The Kier molecular flexibility index (Phi) is 4.49. The zero-order valence-electron chi connectivity index (χ0n) is 10.3. The summed E-state index contributed by atoms with van der Waals surface area (Å²) in [5, 5.41) is 0. The van der Waals surface area contributed by atoms with Gasteiger partial charge in [0, 0.05) is 41.0 Å². The number of carbonyl (C=O) groups excluding carboxylic acids is 1. The Balaban J connectivity index is 2.02. The number of benzene rings is 1. The monoisotopic (exact) mass is 266 g/mol. The van der Waals surface area contributed by atoms with Crippen LogP contribution in [0, 0.1) is 0 Å². The van der Waals surface area contributed by atoms with E-state index in [0.717, 1.165) is 12.0 Å². The van der Waals surface area contributed by atoms with Gasteiger partial charge in [-0.2, -0.15) is 0 Å². The molecule has 2 N–H and O–H groups in total. The van der Waals surface area contributed by atoms with Gasteiger partial charge in [-0.1, -0.05) is 12.1 Å². The minimum Gasteiger partial charge on any atom is -0.337 e. The lowest BCUT2D eigenvalue weighted by Crippen LogP contribution is -2.41. The second kappa shape index (κ2) is 6.11. The number of amides is 1. The number of nitrogens with zero attached hydrogens (tertiary/aromatic N) is 1. The molecule has 0 saturated carbocycles. The first kappa shape index (κ1) is 13.2. The molecule has 0 aliphatic carbocycles. The number of rotatable bonds is 3. The van der Waals surface area contributed by atoms with Gasteiger partial charge < -0.3 is 10.6 Å². The highest BCUT2D eigenvalue weighted by Crippen LogP contribution is 2.10. The Labute approximate surface area is 110 Å². The molecule has 1 saturated heterocycles. The van der Waals surface area contributed by atoms with Gasteiger partial charge in [0.1, 0.15) is 0 Å². The van der Waals surface area contributed by atoms with Gasteiger partial charge in [0.15, 0.2) is 0 Å². The van der Waals surface area contributed by atoms with E-state index in [1.807, 2.05) is 24.3 Å². The zero-order valence-corrected chi connectivity index (χ0v) is 11.1. The van der Waals surface area contributed by atoms with Crippen LogP contribution in [-0.4, -0.2) is 46.2 Å². The van der Waals surface area contributed by atoms with Crippen LogP contribution in [0.4, 0.5) is 0 Å². The number of hydrogen-bond donors (Lipinski definition) is 1. The average Bonchev–Trinajstić information content (AvgIpc) is 2.40.